The Morgan fingerprint density at radius 1 is 1.42 bits per heavy atom. The van der Waals surface area contributed by atoms with Crippen molar-refractivity contribution in [2.75, 3.05) is 26.3 Å². The summed E-state index contributed by atoms with van der Waals surface area (Å²) in [4.78, 5) is 13.7. The molecule has 1 amide bonds. The van der Waals surface area contributed by atoms with Crippen molar-refractivity contribution in [1.29, 1.82) is 0 Å². The molecule has 0 radical (unpaired) electrons. The minimum absolute atomic E-state index is 0.217. The van der Waals surface area contributed by atoms with Crippen LogP contribution in [0.5, 0.6) is 0 Å². The Kier molecular flexibility index (Phi) is 5.34. The second kappa shape index (κ2) is 6.61. The van der Waals surface area contributed by atoms with Crippen molar-refractivity contribution in [2.24, 2.45) is 0 Å². The van der Waals surface area contributed by atoms with Crippen LogP contribution in [0.1, 0.15) is 9.67 Å². The highest BCUT2D eigenvalue weighted by Crippen LogP contribution is 2.28. The standard InChI is InChI=1S/C11H13Cl3N2O2S/c12-11(13,14)10(16-3-5-18-6-4-16)15-9(17)8-2-1-7-19-8/h1-2,7,10H,3-6H2,(H,15,17)/p+1. The lowest BCUT2D eigenvalue weighted by molar-refractivity contribution is -0.934. The quantitative estimate of drug-likeness (QED) is 0.806. The lowest BCUT2D eigenvalue weighted by atomic mass is 10.3. The normalized spacial score (nSPS) is 19.1. The van der Waals surface area contributed by atoms with Crippen molar-refractivity contribution < 1.29 is 14.4 Å². The van der Waals surface area contributed by atoms with Crippen molar-refractivity contribution in [1.82, 2.24) is 5.32 Å². The number of amides is 1. The Labute approximate surface area is 130 Å². The van der Waals surface area contributed by atoms with E-state index in [1.54, 1.807) is 6.07 Å². The molecule has 1 aromatic heterocycles. The van der Waals surface area contributed by atoms with Gasteiger partial charge >= 0.3 is 0 Å². The summed E-state index contributed by atoms with van der Waals surface area (Å²) in [5.41, 5.74) is 0. The van der Waals surface area contributed by atoms with Crippen LogP contribution in [0, 0.1) is 0 Å². The number of rotatable bonds is 3. The van der Waals surface area contributed by atoms with Crippen LogP contribution in [-0.4, -0.2) is 42.2 Å². The van der Waals surface area contributed by atoms with E-state index in [1.165, 1.54) is 11.3 Å². The number of morpholine rings is 1. The van der Waals surface area contributed by atoms with Crippen LogP contribution in [-0.2, 0) is 4.74 Å². The summed E-state index contributed by atoms with van der Waals surface area (Å²) < 4.78 is 3.72. The minimum Gasteiger partial charge on any atom is -0.370 e. The second-order valence-electron chi connectivity index (χ2n) is 4.20. The predicted octanol–water partition coefficient (Wildman–Crippen LogP) is 1.09. The van der Waals surface area contributed by atoms with Crippen LogP contribution in [0.25, 0.3) is 0 Å². The number of alkyl halides is 3. The van der Waals surface area contributed by atoms with E-state index in [-0.39, 0.29) is 5.91 Å². The number of hydrogen-bond donors (Lipinski definition) is 2. The fourth-order valence-corrected chi connectivity index (χ4v) is 3.20. The predicted molar refractivity (Wildman–Crippen MR) is 77.4 cm³/mol. The van der Waals surface area contributed by atoms with Crippen LogP contribution in [0.2, 0.25) is 0 Å². The largest absolute Gasteiger partial charge is 0.370 e. The Morgan fingerprint density at radius 2 is 2.11 bits per heavy atom. The molecule has 106 valence electrons. The van der Waals surface area contributed by atoms with Crippen molar-refractivity contribution in [3.63, 3.8) is 0 Å². The van der Waals surface area contributed by atoms with E-state index in [0.29, 0.717) is 31.2 Å². The molecule has 1 aliphatic rings. The number of hydrogen-bond acceptors (Lipinski definition) is 3. The van der Waals surface area contributed by atoms with Gasteiger partial charge in [0.15, 0.2) is 0 Å². The van der Waals surface area contributed by atoms with Gasteiger partial charge in [0.05, 0.1) is 18.1 Å². The van der Waals surface area contributed by atoms with Gasteiger partial charge < -0.3 is 9.64 Å². The SMILES string of the molecule is O=C(NC([NH+]1CCOCC1)C(Cl)(Cl)Cl)c1cccs1. The molecule has 1 aliphatic heterocycles. The van der Waals surface area contributed by atoms with Gasteiger partial charge in [-0.25, -0.2) is 0 Å². The van der Waals surface area contributed by atoms with Gasteiger partial charge in [0.2, 0.25) is 6.17 Å². The summed E-state index contributed by atoms with van der Waals surface area (Å²) >= 11 is 19.3. The average Bonchev–Trinajstić information content (AvgIpc) is 2.89. The molecule has 19 heavy (non-hydrogen) atoms. The highest BCUT2D eigenvalue weighted by Gasteiger charge is 2.42. The molecular weight excluding hydrogens is 331 g/mol. The van der Waals surface area contributed by atoms with Crippen LogP contribution in [0.3, 0.4) is 0 Å². The maximum absolute atomic E-state index is 12.1. The summed E-state index contributed by atoms with van der Waals surface area (Å²) in [7, 11) is 0. The zero-order valence-electron chi connectivity index (χ0n) is 10.00. The first-order chi connectivity index (χ1) is 8.98. The van der Waals surface area contributed by atoms with E-state index in [9.17, 15) is 4.79 Å². The smallest absolute Gasteiger partial charge is 0.265 e. The van der Waals surface area contributed by atoms with Crippen molar-refractivity contribution in [2.45, 2.75) is 9.96 Å². The number of halogens is 3. The van der Waals surface area contributed by atoms with Gasteiger partial charge in [-0.3, -0.25) is 10.1 Å². The zero-order valence-corrected chi connectivity index (χ0v) is 13.1. The Morgan fingerprint density at radius 3 is 2.63 bits per heavy atom. The van der Waals surface area contributed by atoms with Gasteiger partial charge in [-0.2, -0.15) is 0 Å². The molecule has 0 aromatic carbocycles. The molecule has 1 atom stereocenters. The summed E-state index contributed by atoms with van der Waals surface area (Å²) in [6.07, 6.45) is -0.587. The molecule has 0 aliphatic carbocycles. The molecular formula is C11H14Cl3N2O2S+. The van der Waals surface area contributed by atoms with Crippen molar-refractivity contribution >= 4 is 52.0 Å². The van der Waals surface area contributed by atoms with Crippen LogP contribution < -0.4 is 10.2 Å². The first-order valence-corrected chi connectivity index (χ1v) is 7.83. The molecule has 4 nitrogen and oxygen atoms in total. The molecule has 8 heteroatoms. The van der Waals surface area contributed by atoms with Gasteiger partial charge in [0, 0.05) is 0 Å². The third-order valence-electron chi connectivity index (χ3n) is 2.89. The van der Waals surface area contributed by atoms with Gasteiger partial charge in [-0.15, -0.1) is 11.3 Å². The maximum atomic E-state index is 12.1. The molecule has 0 bridgehead atoms. The summed E-state index contributed by atoms with van der Waals surface area (Å²) in [6.45, 7) is 2.59. The number of carbonyl (C=O) groups excluding carboxylic acids is 1. The molecule has 2 rings (SSSR count). The summed E-state index contributed by atoms with van der Waals surface area (Å²) in [5, 5.41) is 4.65. The van der Waals surface area contributed by atoms with Gasteiger partial charge in [-0.1, -0.05) is 40.9 Å². The monoisotopic (exact) mass is 343 g/mol. The lowest BCUT2D eigenvalue weighted by Gasteiger charge is -2.35. The number of thiophene rings is 1. The van der Waals surface area contributed by atoms with Crippen LogP contribution >= 0.6 is 46.1 Å². The fraction of sp³-hybridized carbons (Fsp3) is 0.545. The van der Waals surface area contributed by atoms with Gasteiger partial charge in [0.1, 0.15) is 13.1 Å². The molecule has 1 unspecified atom stereocenters. The summed E-state index contributed by atoms with van der Waals surface area (Å²) in [5.74, 6) is -0.217. The van der Waals surface area contributed by atoms with Crippen LogP contribution in [0.4, 0.5) is 0 Å². The van der Waals surface area contributed by atoms with E-state index < -0.39 is 9.96 Å². The van der Waals surface area contributed by atoms with E-state index in [2.05, 4.69) is 5.32 Å². The third kappa shape index (κ3) is 4.21. The summed E-state index contributed by atoms with van der Waals surface area (Å²) in [6, 6.07) is 3.55. The highest BCUT2D eigenvalue weighted by atomic mass is 35.6. The highest BCUT2D eigenvalue weighted by molar-refractivity contribution is 7.12. The molecule has 0 spiro atoms. The maximum Gasteiger partial charge on any atom is 0.265 e. The molecule has 0 saturated carbocycles. The van der Waals surface area contributed by atoms with Crippen molar-refractivity contribution in [3.8, 4) is 0 Å². The first-order valence-electron chi connectivity index (χ1n) is 5.82. The number of nitrogens with one attached hydrogen (secondary N) is 2. The first kappa shape index (κ1) is 15.4. The Hall–Kier alpha value is -0.0400. The third-order valence-corrected chi connectivity index (χ3v) is 4.41. The van der Waals surface area contributed by atoms with Gasteiger partial charge in [0.25, 0.3) is 9.70 Å². The van der Waals surface area contributed by atoms with Crippen LogP contribution in [0.15, 0.2) is 17.5 Å². The average molecular weight is 345 g/mol. The second-order valence-corrected chi connectivity index (χ2v) is 7.51. The van der Waals surface area contributed by atoms with E-state index >= 15 is 0 Å². The lowest BCUT2D eigenvalue weighted by Crippen LogP contribution is -3.21. The Balaban J connectivity index is 2.07. The minimum atomic E-state index is -1.56. The topological polar surface area (TPSA) is 42.8 Å². The molecule has 1 saturated heterocycles. The Bertz CT molecular complexity index is 416. The number of quaternary nitrogens is 1. The molecule has 1 fully saturated rings. The number of ether oxygens (including phenoxy) is 1. The van der Waals surface area contributed by atoms with E-state index in [4.69, 9.17) is 39.5 Å². The van der Waals surface area contributed by atoms with Gasteiger partial charge in [-0.05, 0) is 11.4 Å². The molecule has 2 N–H and O–H groups in total. The van der Waals surface area contributed by atoms with E-state index in [0.717, 1.165) is 4.90 Å². The fourth-order valence-electron chi connectivity index (χ4n) is 1.95. The molecule has 1 aromatic rings. The zero-order chi connectivity index (χ0) is 13.9. The van der Waals surface area contributed by atoms with E-state index in [1.807, 2.05) is 11.4 Å². The van der Waals surface area contributed by atoms with Crippen molar-refractivity contribution in [3.05, 3.63) is 22.4 Å². The molecule has 2 heterocycles. The number of carbonyl (C=O) groups is 1.